The van der Waals surface area contributed by atoms with Crippen molar-refractivity contribution in [1.29, 1.82) is 0 Å². The highest BCUT2D eigenvalue weighted by Crippen LogP contribution is 2.30. The van der Waals surface area contributed by atoms with Gasteiger partial charge < -0.3 is 5.32 Å². The molecule has 0 radical (unpaired) electrons. The Bertz CT molecular complexity index is 507. The molecule has 3 rings (SSSR count). The summed E-state index contributed by atoms with van der Waals surface area (Å²) in [5.74, 6) is 0.749. The minimum absolute atomic E-state index is 0.608. The Labute approximate surface area is 126 Å². The van der Waals surface area contributed by atoms with Gasteiger partial charge in [0.05, 0.1) is 0 Å². The van der Waals surface area contributed by atoms with Gasteiger partial charge >= 0.3 is 0 Å². The van der Waals surface area contributed by atoms with Crippen LogP contribution >= 0.6 is 11.3 Å². The first-order valence-corrected chi connectivity index (χ1v) is 8.62. The van der Waals surface area contributed by atoms with Gasteiger partial charge in [-0.25, -0.2) is 0 Å². The lowest BCUT2D eigenvalue weighted by Crippen LogP contribution is -2.39. The summed E-state index contributed by atoms with van der Waals surface area (Å²) in [5, 5.41) is 8.27. The van der Waals surface area contributed by atoms with E-state index < -0.39 is 0 Å². The van der Waals surface area contributed by atoms with Crippen LogP contribution in [0, 0.1) is 5.92 Å². The maximum atomic E-state index is 3.79. The molecular weight excluding hydrogens is 262 g/mol. The van der Waals surface area contributed by atoms with Crippen molar-refractivity contribution < 1.29 is 0 Å². The molecule has 2 aromatic rings. The average Bonchev–Trinajstić information content (AvgIpc) is 3.12. The second kappa shape index (κ2) is 6.55. The molecule has 0 spiro atoms. The minimum Gasteiger partial charge on any atom is -0.313 e. The van der Waals surface area contributed by atoms with Gasteiger partial charge in [-0.2, -0.15) is 11.3 Å². The molecule has 0 bridgehead atoms. The van der Waals surface area contributed by atoms with Crippen LogP contribution in [0.3, 0.4) is 0 Å². The number of hydrogen-bond donors (Lipinski definition) is 1. The highest BCUT2D eigenvalue weighted by Gasteiger charge is 2.28. The molecule has 1 aliphatic carbocycles. The van der Waals surface area contributed by atoms with E-state index >= 15 is 0 Å². The Hall–Kier alpha value is -1.12. The molecule has 20 heavy (non-hydrogen) atoms. The molecule has 1 aromatic carbocycles. The zero-order valence-electron chi connectivity index (χ0n) is 12.1. The number of fused-ring (bicyclic) bond motifs is 1. The lowest BCUT2D eigenvalue weighted by Gasteiger charge is -2.24. The largest absolute Gasteiger partial charge is 0.313 e. The quantitative estimate of drug-likeness (QED) is 0.843. The lowest BCUT2D eigenvalue weighted by molar-refractivity contribution is 0.362. The van der Waals surface area contributed by atoms with Crippen LogP contribution in [-0.4, -0.2) is 12.6 Å². The first-order chi connectivity index (χ1) is 9.86. The average molecular weight is 285 g/mol. The van der Waals surface area contributed by atoms with Crippen LogP contribution < -0.4 is 5.32 Å². The lowest BCUT2D eigenvalue weighted by atomic mass is 9.92. The molecule has 2 heteroatoms. The van der Waals surface area contributed by atoms with Crippen molar-refractivity contribution in [3.8, 4) is 0 Å². The molecule has 0 saturated heterocycles. The maximum Gasteiger partial charge on any atom is 0.0142 e. The smallest absolute Gasteiger partial charge is 0.0142 e. The monoisotopic (exact) mass is 285 g/mol. The highest BCUT2D eigenvalue weighted by molar-refractivity contribution is 7.07. The van der Waals surface area contributed by atoms with Gasteiger partial charge in [0.1, 0.15) is 0 Å². The molecule has 0 fully saturated rings. The SMILES string of the molecule is CCCNC(Cc1ccsc1)C1Cc2ccccc2C1. The molecule has 0 amide bonds. The van der Waals surface area contributed by atoms with E-state index in [2.05, 4.69) is 53.3 Å². The first kappa shape index (κ1) is 13.8. The van der Waals surface area contributed by atoms with E-state index in [0.29, 0.717) is 6.04 Å². The van der Waals surface area contributed by atoms with Crippen molar-refractivity contribution >= 4 is 11.3 Å². The zero-order valence-corrected chi connectivity index (χ0v) is 13.0. The van der Waals surface area contributed by atoms with Crippen LogP contribution in [0.15, 0.2) is 41.1 Å². The number of benzene rings is 1. The molecule has 106 valence electrons. The van der Waals surface area contributed by atoms with E-state index in [1.54, 1.807) is 11.1 Å². The van der Waals surface area contributed by atoms with Crippen LogP contribution in [0.2, 0.25) is 0 Å². The Morgan fingerprint density at radius 1 is 1.20 bits per heavy atom. The van der Waals surface area contributed by atoms with Crippen molar-refractivity contribution in [2.75, 3.05) is 6.54 Å². The fourth-order valence-corrected chi connectivity index (χ4v) is 3.96. The summed E-state index contributed by atoms with van der Waals surface area (Å²) in [7, 11) is 0. The number of nitrogens with one attached hydrogen (secondary N) is 1. The molecule has 1 heterocycles. The predicted octanol–water partition coefficient (Wildman–Crippen LogP) is 4.07. The summed E-state index contributed by atoms with van der Waals surface area (Å²) < 4.78 is 0. The van der Waals surface area contributed by atoms with Crippen LogP contribution in [0.25, 0.3) is 0 Å². The van der Waals surface area contributed by atoms with Gasteiger partial charge in [0, 0.05) is 6.04 Å². The van der Waals surface area contributed by atoms with Crippen LogP contribution in [-0.2, 0) is 19.3 Å². The van der Waals surface area contributed by atoms with Crippen LogP contribution in [0.1, 0.15) is 30.0 Å². The Balaban J connectivity index is 1.70. The Kier molecular flexibility index (Phi) is 4.54. The topological polar surface area (TPSA) is 12.0 Å². The molecule has 1 atom stereocenters. The van der Waals surface area contributed by atoms with E-state index in [1.807, 2.05) is 11.3 Å². The van der Waals surface area contributed by atoms with E-state index in [-0.39, 0.29) is 0 Å². The minimum atomic E-state index is 0.608. The van der Waals surface area contributed by atoms with E-state index in [4.69, 9.17) is 0 Å². The molecular formula is C18H23NS. The summed E-state index contributed by atoms with van der Waals surface area (Å²) in [4.78, 5) is 0. The molecule has 1 N–H and O–H groups in total. The summed E-state index contributed by atoms with van der Waals surface area (Å²) in [6, 6.07) is 11.8. The molecule has 1 aromatic heterocycles. The molecule has 0 saturated carbocycles. The summed E-state index contributed by atoms with van der Waals surface area (Å²) in [6.45, 7) is 3.37. The predicted molar refractivity (Wildman–Crippen MR) is 87.4 cm³/mol. The summed E-state index contributed by atoms with van der Waals surface area (Å²) in [5.41, 5.74) is 4.61. The maximum absolute atomic E-state index is 3.79. The van der Waals surface area contributed by atoms with Gasteiger partial charge in [-0.3, -0.25) is 0 Å². The van der Waals surface area contributed by atoms with Crippen molar-refractivity contribution in [3.05, 3.63) is 57.8 Å². The second-order valence-corrected chi connectivity index (χ2v) is 6.61. The molecule has 1 aliphatic rings. The van der Waals surface area contributed by atoms with E-state index in [9.17, 15) is 0 Å². The number of thiophene rings is 1. The van der Waals surface area contributed by atoms with Crippen molar-refractivity contribution in [2.24, 2.45) is 5.92 Å². The molecule has 1 nitrogen and oxygen atoms in total. The van der Waals surface area contributed by atoms with Crippen molar-refractivity contribution in [2.45, 2.75) is 38.6 Å². The van der Waals surface area contributed by atoms with Crippen LogP contribution in [0.4, 0.5) is 0 Å². The third-order valence-corrected chi connectivity index (χ3v) is 5.08. The van der Waals surface area contributed by atoms with Crippen molar-refractivity contribution in [3.63, 3.8) is 0 Å². The van der Waals surface area contributed by atoms with Crippen LogP contribution in [0.5, 0.6) is 0 Å². The van der Waals surface area contributed by atoms with Gasteiger partial charge in [-0.05, 0) is 71.7 Å². The van der Waals surface area contributed by atoms with E-state index in [1.165, 1.54) is 31.2 Å². The van der Waals surface area contributed by atoms with Gasteiger partial charge in [-0.15, -0.1) is 0 Å². The third-order valence-electron chi connectivity index (χ3n) is 4.34. The van der Waals surface area contributed by atoms with Gasteiger partial charge in [0.25, 0.3) is 0 Å². The Morgan fingerprint density at radius 2 is 1.95 bits per heavy atom. The normalized spacial score (nSPS) is 16.2. The second-order valence-electron chi connectivity index (χ2n) is 5.83. The standard InChI is InChI=1S/C18H23NS/c1-2-8-19-18(10-14-7-9-20-13-14)17-11-15-5-3-4-6-16(15)12-17/h3-7,9,13,17-19H,2,8,10-12H2,1H3. The summed E-state index contributed by atoms with van der Waals surface area (Å²) >= 11 is 1.81. The molecule has 1 unspecified atom stereocenters. The van der Waals surface area contributed by atoms with Gasteiger partial charge in [0.2, 0.25) is 0 Å². The zero-order chi connectivity index (χ0) is 13.8. The van der Waals surface area contributed by atoms with Crippen molar-refractivity contribution in [1.82, 2.24) is 5.32 Å². The highest BCUT2D eigenvalue weighted by atomic mass is 32.1. The fourth-order valence-electron chi connectivity index (χ4n) is 3.28. The molecule has 0 aliphatic heterocycles. The Morgan fingerprint density at radius 3 is 2.55 bits per heavy atom. The first-order valence-electron chi connectivity index (χ1n) is 7.68. The number of rotatable bonds is 6. The van der Waals surface area contributed by atoms with Gasteiger partial charge in [0.15, 0.2) is 0 Å². The third kappa shape index (κ3) is 3.13. The summed E-state index contributed by atoms with van der Waals surface area (Å²) in [6.07, 6.45) is 4.85. The number of hydrogen-bond acceptors (Lipinski definition) is 2. The van der Waals surface area contributed by atoms with E-state index in [0.717, 1.165) is 12.5 Å². The van der Waals surface area contributed by atoms with Gasteiger partial charge in [-0.1, -0.05) is 31.2 Å². The fraction of sp³-hybridized carbons (Fsp3) is 0.444.